The lowest BCUT2D eigenvalue weighted by molar-refractivity contribution is 0.00578. The van der Waals surface area contributed by atoms with Crippen LogP contribution in [-0.2, 0) is 9.31 Å². The van der Waals surface area contributed by atoms with Crippen molar-refractivity contribution in [1.82, 2.24) is 9.78 Å². The van der Waals surface area contributed by atoms with Gasteiger partial charge in [-0.2, -0.15) is 5.10 Å². The number of hydrogen-bond donors (Lipinski definition) is 0. The van der Waals surface area contributed by atoms with Gasteiger partial charge in [0.15, 0.2) is 0 Å². The van der Waals surface area contributed by atoms with Crippen LogP contribution in [0, 0.1) is 0 Å². The van der Waals surface area contributed by atoms with Crippen LogP contribution in [0.2, 0.25) is 0 Å². The third-order valence-electron chi connectivity index (χ3n) is 4.59. The van der Waals surface area contributed by atoms with Gasteiger partial charge in [-0.05, 0) is 46.6 Å². The zero-order valence-corrected chi connectivity index (χ0v) is 13.6. The number of aromatic nitrogens is 2. The molecule has 1 aromatic heterocycles. The van der Waals surface area contributed by atoms with E-state index < -0.39 is 0 Å². The second-order valence-corrected chi connectivity index (χ2v) is 6.66. The van der Waals surface area contributed by atoms with Crippen LogP contribution in [-0.4, -0.2) is 28.1 Å². The largest absolute Gasteiger partial charge is 0.516 e. The molecule has 1 saturated heterocycles. The normalized spacial score (nSPS) is 22.2. The van der Waals surface area contributed by atoms with Crippen LogP contribution in [0.5, 0.6) is 0 Å². The Kier molecular flexibility index (Phi) is 4.31. The molecule has 0 radical (unpaired) electrons. The molecule has 112 valence electrons. The Labute approximate surface area is 123 Å². The van der Waals surface area contributed by atoms with Gasteiger partial charge in [0.05, 0.1) is 22.8 Å². The molecule has 0 aromatic carbocycles. The van der Waals surface area contributed by atoms with Crippen molar-refractivity contribution in [2.24, 2.45) is 0 Å². The van der Waals surface area contributed by atoms with E-state index in [-0.39, 0.29) is 18.3 Å². The van der Waals surface area contributed by atoms with Gasteiger partial charge in [-0.1, -0.05) is 20.3 Å². The van der Waals surface area contributed by atoms with Crippen LogP contribution >= 0.6 is 0 Å². The average molecular weight is 278 g/mol. The molecule has 0 saturated carbocycles. The van der Waals surface area contributed by atoms with Gasteiger partial charge in [0, 0.05) is 6.20 Å². The van der Waals surface area contributed by atoms with Gasteiger partial charge in [-0.15, -0.1) is 0 Å². The molecule has 2 rings (SSSR count). The third-order valence-corrected chi connectivity index (χ3v) is 4.59. The summed E-state index contributed by atoms with van der Waals surface area (Å²) in [6, 6.07) is 2.48. The molecule has 1 unspecified atom stereocenters. The van der Waals surface area contributed by atoms with E-state index in [4.69, 9.17) is 9.31 Å². The maximum absolute atomic E-state index is 6.04. The van der Waals surface area contributed by atoms with Crippen molar-refractivity contribution >= 4 is 12.7 Å². The number of hydrogen-bond acceptors (Lipinski definition) is 3. The summed E-state index contributed by atoms with van der Waals surface area (Å²) in [5.74, 6) is 0. The standard InChI is InChI=1S/C15H27BN2O2/c1-7-9-12(8-2)18-11-10-13(17-18)16-19-14(3,4)15(5,6)20-16/h10-12H,7-9H2,1-6H3. The maximum atomic E-state index is 6.04. The summed E-state index contributed by atoms with van der Waals surface area (Å²) >= 11 is 0. The van der Waals surface area contributed by atoms with Crippen LogP contribution in [0.25, 0.3) is 0 Å². The van der Waals surface area contributed by atoms with Crippen LogP contribution in [0.4, 0.5) is 0 Å². The minimum absolute atomic E-state index is 0.310. The molecule has 0 spiro atoms. The van der Waals surface area contributed by atoms with E-state index in [2.05, 4.69) is 51.3 Å². The van der Waals surface area contributed by atoms with Crippen molar-refractivity contribution in [2.75, 3.05) is 0 Å². The highest BCUT2D eigenvalue weighted by molar-refractivity contribution is 6.61. The molecule has 1 aromatic rings. The van der Waals surface area contributed by atoms with Gasteiger partial charge in [-0.3, -0.25) is 4.68 Å². The van der Waals surface area contributed by atoms with Crippen LogP contribution in [0.1, 0.15) is 66.8 Å². The Morgan fingerprint density at radius 1 is 1.20 bits per heavy atom. The van der Waals surface area contributed by atoms with Gasteiger partial charge in [-0.25, -0.2) is 0 Å². The Morgan fingerprint density at radius 2 is 1.80 bits per heavy atom. The topological polar surface area (TPSA) is 36.3 Å². The molecular formula is C15H27BN2O2. The van der Waals surface area contributed by atoms with Crippen LogP contribution in [0.15, 0.2) is 12.3 Å². The van der Waals surface area contributed by atoms with E-state index in [0.29, 0.717) is 6.04 Å². The fourth-order valence-corrected chi connectivity index (χ4v) is 2.50. The summed E-state index contributed by atoms with van der Waals surface area (Å²) in [5, 5.41) is 4.68. The lowest BCUT2D eigenvalue weighted by Crippen LogP contribution is -2.41. The zero-order valence-electron chi connectivity index (χ0n) is 13.6. The molecule has 0 aliphatic carbocycles. The molecule has 20 heavy (non-hydrogen) atoms. The van der Waals surface area contributed by atoms with Crippen molar-refractivity contribution in [3.05, 3.63) is 12.3 Å². The van der Waals surface area contributed by atoms with E-state index in [1.807, 2.05) is 12.3 Å². The monoisotopic (exact) mass is 278 g/mol. The first kappa shape index (κ1) is 15.6. The second-order valence-electron chi connectivity index (χ2n) is 6.66. The summed E-state index contributed by atoms with van der Waals surface area (Å²) in [5.41, 5.74) is 0.252. The van der Waals surface area contributed by atoms with E-state index in [1.54, 1.807) is 0 Å². The smallest absolute Gasteiger partial charge is 0.398 e. The average Bonchev–Trinajstić information content (AvgIpc) is 2.90. The molecule has 4 nitrogen and oxygen atoms in total. The van der Waals surface area contributed by atoms with Crippen molar-refractivity contribution < 1.29 is 9.31 Å². The first-order valence-corrected chi connectivity index (χ1v) is 7.71. The molecule has 1 fully saturated rings. The van der Waals surface area contributed by atoms with Crippen molar-refractivity contribution in [1.29, 1.82) is 0 Å². The first-order valence-electron chi connectivity index (χ1n) is 7.71. The maximum Gasteiger partial charge on any atom is 0.516 e. The molecule has 1 aliphatic rings. The minimum atomic E-state index is -0.361. The van der Waals surface area contributed by atoms with Gasteiger partial charge >= 0.3 is 7.12 Å². The summed E-state index contributed by atoms with van der Waals surface area (Å²) in [7, 11) is -0.361. The van der Waals surface area contributed by atoms with Crippen molar-refractivity contribution in [3.63, 3.8) is 0 Å². The van der Waals surface area contributed by atoms with E-state index in [0.717, 1.165) is 18.4 Å². The van der Waals surface area contributed by atoms with Gasteiger partial charge < -0.3 is 9.31 Å². The van der Waals surface area contributed by atoms with Crippen LogP contribution in [0.3, 0.4) is 0 Å². The van der Waals surface area contributed by atoms with Gasteiger partial charge in [0.2, 0.25) is 0 Å². The highest BCUT2D eigenvalue weighted by Gasteiger charge is 2.52. The Balaban J connectivity index is 2.14. The summed E-state index contributed by atoms with van der Waals surface area (Å²) < 4.78 is 14.1. The molecule has 0 N–H and O–H groups in total. The highest BCUT2D eigenvalue weighted by atomic mass is 16.7. The number of rotatable bonds is 5. The second kappa shape index (κ2) is 5.53. The van der Waals surface area contributed by atoms with Gasteiger partial charge in [0.25, 0.3) is 0 Å². The van der Waals surface area contributed by atoms with E-state index >= 15 is 0 Å². The Hall–Kier alpha value is -0.805. The molecular weight excluding hydrogens is 251 g/mol. The zero-order chi connectivity index (χ0) is 15.0. The third kappa shape index (κ3) is 2.79. The minimum Gasteiger partial charge on any atom is -0.398 e. The predicted molar refractivity (Wildman–Crippen MR) is 82.2 cm³/mol. The molecule has 0 amide bonds. The van der Waals surface area contributed by atoms with Crippen LogP contribution < -0.4 is 5.59 Å². The molecule has 2 heterocycles. The predicted octanol–water partition coefficient (Wildman–Crippen LogP) is 2.93. The lowest BCUT2D eigenvalue weighted by Gasteiger charge is -2.32. The van der Waals surface area contributed by atoms with E-state index in [1.165, 1.54) is 6.42 Å². The lowest BCUT2D eigenvalue weighted by atomic mass is 9.85. The Morgan fingerprint density at radius 3 is 2.30 bits per heavy atom. The molecule has 0 bridgehead atoms. The van der Waals surface area contributed by atoms with Crippen molar-refractivity contribution in [3.8, 4) is 0 Å². The highest BCUT2D eigenvalue weighted by Crippen LogP contribution is 2.36. The van der Waals surface area contributed by atoms with E-state index in [9.17, 15) is 0 Å². The Bertz CT molecular complexity index is 440. The quantitative estimate of drug-likeness (QED) is 0.777. The van der Waals surface area contributed by atoms with Gasteiger partial charge in [0.1, 0.15) is 0 Å². The fraction of sp³-hybridized carbons (Fsp3) is 0.800. The molecule has 5 heteroatoms. The van der Waals surface area contributed by atoms with Crippen molar-refractivity contribution in [2.45, 2.75) is 78.0 Å². The SMILES string of the molecule is CCCC(CC)n1ccc(B2OC(C)(C)C(C)(C)O2)n1. The first-order chi connectivity index (χ1) is 9.30. The molecule has 1 aliphatic heterocycles. The summed E-state index contributed by atoms with van der Waals surface area (Å²) in [6.07, 6.45) is 5.47. The molecule has 1 atom stereocenters. The summed E-state index contributed by atoms with van der Waals surface area (Å²) in [6.45, 7) is 12.7. The summed E-state index contributed by atoms with van der Waals surface area (Å²) in [4.78, 5) is 0. The number of nitrogens with zero attached hydrogens (tertiary/aromatic N) is 2. The fourth-order valence-electron chi connectivity index (χ4n) is 2.50.